The molecular formula is C13H18N4O. The molecule has 0 saturated heterocycles. The van der Waals surface area contributed by atoms with Crippen LogP contribution >= 0.6 is 0 Å². The number of nitrogens with zero attached hydrogens (tertiary/aromatic N) is 3. The molecule has 0 aliphatic carbocycles. The summed E-state index contributed by atoms with van der Waals surface area (Å²) in [7, 11) is 0. The largest absolute Gasteiger partial charge is 0.384 e. The van der Waals surface area contributed by atoms with Crippen molar-refractivity contribution in [1.29, 1.82) is 5.26 Å². The SMILES string of the molecule is CCc1cc(C(=O)N(CC)CCC#N)cc(N)n1. The van der Waals surface area contributed by atoms with Gasteiger partial charge in [0, 0.05) is 24.3 Å². The molecule has 0 spiro atoms. The third kappa shape index (κ3) is 3.45. The number of rotatable bonds is 5. The Morgan fingerprint density at radius 2 is 2.22 bits per heavy atom. The second kappa shape index (κ2) is 6.60. The van der Waals surface area contributed by atoms with E-state index in [-0.39, 0.29) is 5.91 Å². The van der Waals surface area contributed by atoms with Crippen LogP contribution in [0, 0.1) is 11.3 Å². The average Bonchev–Trinajstić information content (AvgIpc) is 2.38. The summed E-state index contributed by atoms with van der Waals surface area (Å²) in [5.41, 5.74) is 7.02. The Kier molecular flexibility index (Phi) is 5.12. The van der Waals surface area contributed by atoms with Crippen LogP contribution in [0.4, 0.5) is 5.82 Å². The summed E-state index contributed by atoms with van der Waals surface area (Å²) >= 11 is 0. The molecule has 0 fully saturated rings. The highest BCUT2D eigenvalue weighted by Gasteiger charge is 2.15. The summed E-state index contributed by atoms with van der Waals surface area (Å²) in [4.78, 5) is 18.0. The van der Waals surface area contributed by atoms with Gasteiger partial charge in [0.05, 0.1) is 12.5 Å². The van der Waals surface area contributed by atoms with Crippen molar-refractivity contribution < 1.29 is 4.79 Å². The van der Waals surface area contributed by atoms with E-state index in [0.717, 1.165) is 12.1 Å². The maximum Gasteiger partial charge on any atom is 0.254 e. The van der Waals surface area contributed by atoms with Gasteiger partial charge in [-0.05, 0) is 25.5 Å². The first kappa shape index (κ1) is 14.0. The normalized spacial score (nSPS) is 9.83. The second-order valence-corrected chi connectivity index (χ2v) is 3.92. The van der Waals surface area contributed by atoms with Crippen molar-refractivity contribution in [2.75, 3.05) is 18.8 Å². The van der Waals surface area contributed by atoms with Crippen LogP contribution in [-0.4, -0.2) is 28.9 Å². The van der Waals surface area contributed by atoms with Crippen molar-refractivity contribution in [3.8, 4) is 6.07 Å². The third-order valence-electron chi connectivity index (χ3n) is 2.67. The number of aromatic nitrogens is 1. The fraction of sp³-hybridized carbons (Fsp3) is 0.462. The molecule has 0 unspecified atom stereocenters. The fourth-order valence-electron chi connectivity index (χ4n) is 1.69. The first-order chi connectivity index (χ1) is 8.62. The van der Waals surface area contributed by atoms with E-state index in [1.807, 2.05) is 19.9 Å². The Hall–Kier alpha value is -2.09. The molecule has 5 nitrogen and oxygen atoms in total. The minimum absolute atomic E-state index is 0.100. The number of amides is 1. The quantitative estimate of drug-likeness (QED) is 0.855. The Labute approximate surface area is 107 Å². The lowest BCUT2D eigenvalue weighted by molar-refractivity contribution is 0.0767. The molecule has 0 saturated carbocycles. The Balaban J connectivity index is 2.94. The smallest absolute Gasteiger partial charge is 0.254 e. The number of carbonyl (C=O) groups is 1. The lowest BCUT2D eigenvalue weighted by Crippen LogP contribution is -2.31. The fourth-order valence-corrected chi connectivity index (χ4v) is 1.69. The summed E-state index contributed by atoms with van der Waals surface area (Å²) < 4.78 is 0. The number of hydrogen-bond donors (Lipinski definition) is 1. The Morgan fingerprint density at radius 3 is 2.78 bits per heavy atom. The molecule has 1 rings (SSSR count). The van der Waals surface area contributed by atoms with Crippen LogP contribution in [0.2, 0.25) is 0 Å². The summed E-state index contributed by atoms with van der Waals surface area (Å²) in [5.74, 6) is 0.255. The average molecular weight is 246 g/mol. The van der Waals surface area contributed by atoms with Crippen molar-refractivity contribution in [2.45, 2.75) is 26.7 Å². The van der Waals surface area contributed by atoms with Gasteiger partial charge in [0.2, 0.25) is 0 Å². The molecular weight excluding hydrogens is 228 g/mol. The van der Waals surface area contributed by atoms with Gasteiger partial charge in [0.25, 0.3) is 5.91 Å². The van der Waals surface area contributed by atoms with Crippen LogP contribution in [0.1, 0.15) is 36.3 Å². The van der Waals surface area contributed by atoms with Gasteiger partial charge < -0.3 is 10.6 Å². The monoisotopic (exact) mass is 246 g/mol. The van der Waals surface area contributed by atoms with Crippen molar-refractivity contribution in [1.82, 2.24) is 9.88 Å². The Bertz CT molecular complexity index is 465. The van der Waals surface area contributed by atoms with Gasteiger partial charge in [-0.3, -0.25) is 4.79 Å². The number of carbonyl (C=O) groups excluding carboxylic acids is 1. The van der Waals surface area contributed by atoms with Gasteiger partial charge in [-0.25, -0.2) is 4.98 Å². The van der Waals surface area contributed by atoms with E-state index in [4.69, 9.17) is 11.0 Å². The van der Waals surface area contributed by atoms with E-state index in [0.29, 0.717) is 30.9 Å². The van der Waals surface area contributed by atoms with E-state index >= 15 is 0 Å². The minimum atomic E-state index is -0.100. The van der Waals surface area contributed by atoms with E-state index in [1.165, 1.54) is 0 Å². The van der Waals surface area contributed by atoms with Crippen molar-refractivity contribution in [3.05, 3.63) is 23.4 Å². The molecule has 1 aromatic heterocycles. The van der Waals surface area contributed by atoms with Crippen molar-refractivity contribution >= 4 is 11.7 Å². The van der Waals surface area contributed by atoms with Crippen LogP contribution in [0.5, 0.6) is 0 Å². The molecule has 0 radical (unpaired) electrons. The number of nitriles is 1. The highest BCUT2D eigenvalue weighted by molar-refractivity contribution is 5.95. The highest BCUT2D eigenvalue weighted by atomic mass is 16.2. The number of anilines is 1. The van der Waals surface area contributed by atoms with E-state index in [9.17, 15) is 4.79 Å². The van der Waals surface area contributed by atoms with Gasteiger partial charge in [-0.1, -0.05) is 6.92 Å². The second-order valence-electron chi connectivity index (χ2n) is 3.92. The number of aryl methyl sites for hydroxylation is 1. The molecule has 1 amide bonds. The summed E-state index contributed by atoms with van der Waals surface area (Å²) in [6, 6.07) is 5.38. The number of nitrogens with two attached hydrogens (primary N) is 1. The summed E-state index contributed by atoms with van der Waals surface area (Å²) in [5, 5.41) is 8.57. The van der Waals surface area contributed by atoms with E-state index in [2.05, 4.69) is 4.98 Å². The first-order valence-corrected chi connectivity index (χ1v) is 6.05. The zero-order valence-electron chi connectivity index (χ0n) is 10.8. The molecule has 18 heavy (non-hydrogen) atoms. The summed E-state index contributed by atoms with van der Waals surface area (Å²) in [6.07, 6.45) is 1.07. The molecule has 0 aliphatic heterocycles. The lowest BCUT2D eigenvalue weighted by Gasteiger charge is -2.19. The molecule has 0 aromatic carbocycles. The number of pyridine rings is 1. The molecule has 0 aliphatic rings. The Morgan fingerprint density at radius 1 is 1.50 bits per heavy atom. The van der Waals surface area contributed by atoms with E-state index < -0.39 is 0 Å². The van der Waals surface area contributed by atoms with E-state index in [1.54, 1.807) is 17.0 Å². The van der Waals surface area contributed by atoms with Crippen LogP contribution in [-0.2, 0) is 6.42 Å². The van der Waals surface area contributed by atoms with Gasteiger partial charge in [-0.15, -0.1) is 0 Å². The van der Waals surface area contributed by atoms with Crippen LogP contribution in [0.3, 0.4) is 0 Å². The minimum Gasteiger partial charge on any atom is -0.384 e. The molecule has 96 valence electrons. The topological polar surface area (TPSA) is 83.0 Å². The molecule has 0 atom stereocenters. The molecule has 5 heteroatoms. The predicted octanol–water partition coefficient (Wildman–Crippen LogP) is 1.60. The summed E-state index contributed by atoms with van der Waals surface area (Å²) in [6.45, 7) is 4.86. The first-order valence-electron chi connectivity index (χ1n) is 6.05. The van der Waals surface area contributed by atoms with Crippen LogP contribution in [0.15, 0.2) is 12.1 Å². The standard InChI is InChI=1S/C13H18N4O/c1-3-11-8-10(9-12(15)16-11)13(18)17(4-2)7-5-6-14/h8-9H,3-5,7H2,1-2H3,(H2,15,16). The van der Waals surface area contributed by atoms with Gasteiger partial charge in [0.1, 0.15) is 5.82 Å². The number of hydrogen-bond acceptors (Lipinski definition) is 4. The van der Waals surface area contributed by atoms with Crippen LogP contribution < -0.4 is 5.73 Å². The zero-order chi connectivity index (χ0) is 13.5. The van der Waals surface area contributed by atoms with Gasteiger partial charge in [-0.2, -0.15) is 5.26 Å². The zero-order valence-corrected chi connectivity index (χ0v) is 10.8. The molecule has 1 aromatic rings. The van der Waals surface area contributed by atoms with Gasteiger partial charge >= 0.3 is 0 Å². The number of nitrogen functional groups attached to an aromatic ring is 1. The molecule has 2 N–H and O–H groups in total. The predicted molar refractivity (Wildman–Crippen MR) is 69.8 cm³/mol. The van der Waals surface area contributed by atoms with Crippen LogP contribution in [0.25, 0.3) is 0 Å². The van der Waals surface area contributed by atoms with Crippen molar-refractivity contribution in [3.63, 3.8) is 0 Å². The molecule has 1 heterocycles. The lowest BCUT2D eigenvalue weighted by atomic mass is 10.1. The highest BCUT2D eigenvalue weighted by Crippen LogP contribution is 2.11. The maximum absolute atomic E-state index is 12.2. The van der Waals surface area contributed by atoms with Crippen molar-refractivity contribution in [2.24, 2.45) is 0 Å². The third-order valence-corrected chi connectivity index (χ3v) is 2.67. The molecule has 0 bridgehead atoms. The maximum atomic E-state index is 12.2. The van der Waals surface area contributed by atoms with Gasteiger partial charge in [0.15, 0.2) is 0 Å².